The summed E-state index contributed by atoms with van der Waals surface area (Å²) < 4.78 is 0. The molecule has 0 spiro atoms. The fourth-order valence-electron chi connectivity index (χ4n) is 5.84. The van der Waals surface area contributed by atoms with Crippen LogP contribution in [-0.4, -0.2) is 87.3 Å². The van der Waals surface area contributed by atoms with Crippen LogP contribution in [0.1, 0.15) is 64.2 Å². The number of aliphatic hydroxyl groups is 1. The van der Waals surface area contributed by atoms with E-state index in [0.717, 1.165) is 30.1 Å². The third-order valence-electron chi connectivity index (χ3n) is 7.08. The smallest absolute Gasteiger partial charge is 0.0431 e. The Hall–Kier alpha value is -0.160. The van der Waals surface area contributed by atoms with Gasteiger partial charge in [0.25, 0.3) is 0 Å². The Morgan fingerprint density at radius 1 is 0.679 bits per heavy atom. The van der Waals surface area contributed by atoms with E-state index < -0.39 is 0 Å². The summed E-state index contributed by atoms with van der Waals surface area (Å²) in [5.74, 6) is 3.63. The van der Waals surface area contributed by atoms with Gasteiger partial charge in [-0.1, -0.05) is 19.3 Å². The zero-order chi connectivity index (χ0) is 20.4. The molecule has 2 aliphatic rings. The van der Waals surface area contributed by atoms with Crippen molar-refractivity contribution >= 4 is 0 Å². The van der Waals surface area contributed by atoms with Crippen LogP contribution in [0.2, 0.25) is 0 Å². The molecule has 28 heavy (non-hydrogen) atoms. The van der Waals surface area contributed by atoms with Crippen molar-refractivity contribution in [1.29, 1.82) is 0 Å². The second-order valence-corrected chi connectivity index (χ2v) is 10.4. The molecule has 0 aromatic rings. The zero-order valence-electron chi connectivity index (χ0n) is 19.4. The molecule has 0 aromatic heterocycles. The van der Waals surface area contributed by atoms with E-state index in [1.165, 1.54) is 90.5 Å². The summed E-state index contributed by atoms with van der Waals surface area (Å²) in [6.07, 6.45) is 13.3. The molecule has 2 fully saturated rings. The second kappa shape index (κ2) is 13.2. The predicted octanol–water partition coefficient (Wildman–Crippen LogP) is 3.80. The molecular weight excluding hydrogens is 346 g/mol. The van der Waals surface area contributed by atoms with Gasteiger partial charge in [0.05, 0.1) is 0 Å². The molecule has 2 saturated carbocycles. The van der Waals surface area contributed by atoms with Gasteiger partial charge in [0, 0.05) is 32.8 Å². The maximum absolute atomic E-state index is 9.02. The van der Waals surface area contributed by atoms with Crippen molar-refractivity contribution in [2.75, 3.05) is 67.5 Å². The van der Waals surface area contributed by atoms with E-state index >= 15 is 0 Å². The lowest BCUT2D eigenvalue weighted by Gasteiger charge is -2.32. The van der Waals surface area contributed by atoms with Gasteiger partial charge in [-0.3, -0.25) is 0 Å². The normalized spacial score (nSPS) is 28.3. The van der Waals surface area contributed by atoms with Crippen LogP contribution in [0.25, 0.3) is 0 Å². The predicted molar refractivity (Wildman–Crippen MR) is 121 cm³/mol. The number of aliphatic hydroxyl groups excluding tert-OH is 1. The summed E-state index contributed by atoms with van der Waals surface area (Å²) in [6, 6.07) is 0. The highest BCUT2D eigenvalue weighted by Crippen LogP contribution is 2.35. The lowest BCUT2D eigenvalue weighted by atomic mass is 9.94. The first kappa shape index (κ1) is 24.1. The first-order chi connectivity index (χ1) is 13.5. The van der Waals surface area contributed by atoms with Crippen molar-refractivity contribution in [2.45, 2.75) is 64.2 Å². The Balaban J connectivity index is 1.84. The van der Waals surface area contributed by atoms with Crippen LogP contribution in [-0.2, 0) is 0 Å². The third kappa shape index (κ3) is 9.11. The minimum atomic E-state index is 0.355. The number of rotatable bonds is 14. The van der Waals surface area contributed by atoms with Crippen LogP contribution in [0.5, 0.6) is 0 Å². The molecule has 0 saturated heterocycles. The molecule has 4 atom stereocenters. The highest BCUT2D eigenvalue weighted by molar-refractivity contribution is 4.84. The van der Waals surface area contributed by atoms with Crippen molar-refractivity contribution in [3.05, 3.63) is 0 Å². The van der Waals surface area contributed by atoms with Crippen LogP contribution >= 0.6 is 0 Å². The third-order valence-corrected chi connectivity index (χ3v) is 7.08. The Bertz CT molecular complexity index is 401. The van der Waals surface area contributed by atoms with Gasteiger partial charge in [-0.05, 0) is 103 Å². The van der Waals surface area contributed by atoms with Crippen LogP contribution in [0.3, 0.4) is 0 Å². The molecule has 0 bridgehead atoms. The molecule has 0 aromatic carbocycles. The summed E-state index contributed by atoms with van der Waals surface area (Å²) in [7, 11) is 8.91. The standard InChI is InChI=1S/C24H49N3O/c1-25(2)17-21-12-13-22(16-21)18-27(14-7-5-6-8-15-28)20-24-11-9-10-23(24)19-26(3)4/h21-24,28H,5-20H2,1-4H3. The van der Waals surface area contributed by atoms with E-state index in [1.54, 1.807) is 0 Å². The lowest BCUT2D eigenvalue weighted by molar-refractivity contribution is 0.161. The largest absolute Gasteiger partial charge is 0.396 e. The zero-order valence-corrected chi connectivity index (χ0v) is 19.4. The Morgan fingerprint density at radius 3 is 1.93 bits per heavy atom. The number of hydrogen-bond donors (Lipinski definition) is 1. The average Bonchev–Trinajstić information content (AvgIpc) is 3.23. The maximum atomic E-state index is 9.02. The number of hydrogen-bond acceptors (Lipinski definition) is 4. The van der Waals surface area contributed by atoms with Crippen molar-refractivity contribution in [1.82, 2.24) is 14.7 Å². The van der Waals surface area contributed by atoms with Crippen LogP contribution in [0.4, 0.5) is 0 Å². The van der Waals surface area contributed by atoms with E-state index in [9.17, 15) is 0 Å². The van der Waals surface area contributed by atoms with Gasteiger partial charge in [-0.25, -0.2) is 0 Å². The fraction of sp³-hybridized carbons (Fsp3) is 1.00. The van der Waals surface area contributed by atoms with Gasteiger partial charge in [0.1, 0.15) is 0 Å². The highest BCUT2D eigenvalue weighted by Gasteiger charge is 2.31. The molecule has 0 aliphatic heterocycles. The van der Waals surface area contributed by atoms with Gasteiger partial charge < -0.3 is 19.8 Å². The van der Waals surface area contributed by atoms with Crippen LogP contribution < -0.4 is 0 Å². The Morgan fingerprint density at radius 2 is 1.29 bits per heavy atom. The van der Waals surface area contributed by atoms with Crippen molar-refractivity contribution in [3.63, 3.8) is 0 Å². The summed E-state index contributed by atoms with van der Waals surface area (Å²) in [5.41, 5.74) is 0. The highest BCUT2D eigenvalue weighted by atomic mass is 16.2. The van der Waals surface area contributed by atoms with E-state index in [4.69, 9.17) is 5.11 Å². The Labute approximate surface area is 175 Å². The Kier molecular flexibility index (Phi) is 11.4. The minimum absolute atomic E-state index is 0.355. The average molecular weight is 396 g/mol. The number of unbranched alkanes of at least 4 members (excludes halogenated alkanes) is 3. The van der Waals surface area contributed by atoms with Crippen molar-refractivity contribution < 1.29 is 5.11 Å². The van der Waals surface area contributed by atoms with E-state index in [0.29, 0.717) is 6.61 Å². The minimum Gasteiger partial charge on any atom is -0.396 e. The summed E-state index contributed by atoms with van der Waals surface area (Å²) in [4.78, 5) is 7.61. The molecule has 0 radical (unpaired) electrons. The van der Waals surface area contributed by atoms with Gasteiger partial charge in [-0.2, -0.15) is 0 Å². The van der Waals surface area contributed by atoms with E-state index in [1.807, 2.05) is 0 Å². The van der Waals surface area contributed by atoms with Gasteiger partial charge in [0.15, 0.2) is 0 Å². The molecule has 166 valence electrons. The maximum Gasteiger partial charge on any atom is 0.0431 e. The molecular formula is C24H49N3O. The molecule has 4 unspecified atom stereocenters. The summed E-state index contributed by atoms with van der Waals surface area (Å²) in [5, 5.41) is 9.02. The molecule has 0 heterocycles. The van der Waals surface area contributed by atoms with Crippen molar-refractivity contribution in [3.8, 4) is 0 Å². The SMILES string of the molecule is CN(C)CC1CCC(CN(CCCCCCO)CC2CCCC2CN(C)C)C1. The molecule has 0 amide bonds. The van der Waals surface area contributed by atoms with Gasteiger partial charge in [0.2, 0.25) is 0 Å². The van der Waals surface area contributed by atoms with Gasteiger partial charge in [-0.15, -0.1) is 0 Å². The lowest BCUT2D eigenvalue weighted by Crippen LogP contribution is -2.37. The van der Waals surface area contributed by atoms with Crippen molar-refractivity contribution in [2.24, 2.45) is 23.7 Å². The first-order valence-electron chi connectivity index (χ1n) is 12.1. The first-order valence-corrected chi connectivity index (χ1v) is 12.1. The molecule has 4 heteroatoms. The molecule has 2 aliphatic carbocycles. The van der Waals surface area contributed by atoms with Crippen LogP contribution in [0.15, 0.2) is 0 Å². The topological polar surface area (TPSA) is 30.0 Å². The van der Waals surface area contributed by atoms with Crippen LogP contribution in [0, 0.1) is 23.7 Å². The molecule has 4 nitrogen and oxygen atoms in total. The summed E-state index contributed by atoms with van der Waals surface area (Å²) >= 11 is 0. The monoisotopic (exact) mass is 395 g/mol. The van der Waals surface area contributed by atoms with E-state index in [-0.39, 0.29) is 0 Å². The summed E-state index contributed by atoms with van der Waals surface area (Å²) in [6.45, 7) is 6.82. The van der Waals surface area contributed by atoms with E-state index in [2.05, 4.69) is 42.9 Å². The van der Waals surface area contributed by atoms with Gasteiger partial charge >= 0.3 is 0 Å². The number of nitrogens with zero attached hydrogens (tertiary/aromatic N) is 3. The second-order valence-electron chi connectivity index (χ2n) is 10.4. The quantitative estimate of drug-likeness (QED) is 0.453. The fourth-order valence-corrected chi connectivity index (χ4v) is 5.84. The molecule has 2 rings (SSSR count). The molecule has 1 N–H and O–H groups in total.